The summed E-state index contributed by atoms with van der Waals surface area (Å²) < 4.78 is 3.26. The third kappa shape index (κ3) is 1.09. The molecule has 0 amide bonds. The van der Waals surface area contributed by atoms with Crippen LogP contribution >= 0.6 is 0 Å². The van der Waals surface area contributed by atoms with Crippen molar-refractivity contribution in [3.63, 3.8) is 0 Å². The van der Waals surface area contributed by atoms with Crippen molar-refractivity contribution in [2.24, 2.45) is 0 Å². The maximum absolute atomic E-state index is 2.30. The van der Waals surface area contributed by atoms with E-state index < -0.39 is 0 Å². The first-order valence-electron chi connectivity index (χ1n) is 4.54. The Morgan fingerprint density at radius 2 is 2.08 bits per heavy atom. The topological polar surface area (TPSA) is 0 Å². The van der Waals surface area contributed by atoms with E-state index in [0.29, 0.717) is 0 Å². The molecule has 1 heteroatoms. The minimum atomic E-state index is -0.00245. The summed E-state index contributed by atoms with van der Waals surface area (Å²) in [4.78, 5) is 0. The average Bonchev–Trinajstić information content (AvgIpc) is 2.56. The van der Waals surface area contributed by atoms with Crippen LogP contribution in [0.3, 0.4) is 0 Å². The van der Waals surface area contributed by atoms with E-state index in [-0.39, 0.29) is 15.0 Å². The van der Waals surface area contributed by atoms with Crippen LogP contribution in [0.5, 0.6) is 0 Å². The Morgan fingerprint density at radius 3 is 3.08 bits per heavy atom. The summed E-state index contributed by atoms with van der Waals surface area (Å²) in [5, 5.41) is 1.53. The maximum atomic E-state index is 2.30. The van der Waals surface area contributed by atoms with Gasteiger partial charge in [0, 0.05) is 0 Å². The van der Waals surface area contributed by atoms with Gasteiger partial charge < -0.3 is 0 Å². The normalized spacial score (nSPS) is 17.5. The van der Waals surface area contributed by atoms with Gasteiger partial charge in [-0.25, -0.2) is 0 Å². The molecular weight excluding hydrogens is 217 g/mol. The van der Waals surface area contributed by atoms with Gasteiger partial charge in [0.05, 0.1) is 0 Å². The van der Waals surface area contributed by atoms with E-state index in [4.69, 9.17) is 0 Å². The zero-order valence-electron chi connectivity index (χ0n) is 7.25. The van der Waals surface area contributed by atoms with Gasteiger partial charge in [-0.2, -0.15) is 0 Å². The molecule has 0 saturated heterocycles. The molecule has 0 unspecified atom stereocenters. The number of benzene rings is 1. The Bertz CT molecular complexity index is 532. The third-order valence-corrected chi connectivity index (χ3v) is 5.60. The number of hydrogen-bond acceptors (Lipinski definition) is 0. The Morgan fingerprint density at radius 1 is 1.15 bits per heavy atom. The molecule has 61 valence electrons. The fourth-order valence-electron chi connectivity index (χ4n) is 1.93. The molecule has 0 nitrogen and oxygen atoms in total. The Labute approximate surface area is 83.3 Å². The molecular formula is C12H9Ge. The Kier molecular flexibility index (Phi) is 1.62. The number of hydrogen-bond donors (Lipinski definition) is 0. The summed E-state index contributed by atoms with van der Waals surface area (Å²) in [7, 11) is 0. The van der Waals surface area contributed by atoms with Crippen molar-refractivity contribution in [2.75, 3.05) is 0 Å². The second-order valence-electron chi connectivity index (χ2n) is 3.36. The van der Waals surface area contributed by atoms with Crippen LogP contribution in [0.25, 0.3) is 5.57 Å². The fraction of sp³-hybridized carbons (Fsp3) is 0.0833. The van der Waals surface area contributed by atoms with Crippen LogP contribution in [-0.4, -0.2) is 15.0 Å². The van der Waals surface area contributed by atoms with Gasteiger partial charge in [-0.05, 0) is 0 Å². The first-order chi connectivity index (χ1) is 6.45. The van der Waals surface area contributed by atoms with Crippen molar-refractivity contribution in [3.05, 3.63) is 56.1 Å². The molecule has 1 aliphatic carbocycles. The van der Waals surface area contributed by atoms with E-state index in [9.17, 15) is 0 Å². The van der Waals surface area contributed by atoms with Crippen LogP contribution in [0.2, 0.25) is 0 Å². The van der Waals surface area contributed by atoms with Crippen LogP contribution in [0, 0.1) is 4.00 Å². The fourth-order valence-corrected chi connectivity index (χ4v) is 4.88. The van der Waals surface area contributed by atoms with Gasteiger partial charge in [0.1, 0.15) is 0 Å². The summed E-state index contributed by atoms with van der Waals surface area (Å²) in [5.41, 5.74) is 1.60. The van der Waals surface area contributed by atoms with Gasteiger partial charge >= 0.3 is 83.1 Å². The number of fused-ring (bicyclic) bond motifs is 2. The molecule has 0 saturated carbocycles. The molecule has 13 heavy (non-hydrogen) atoms. The Balaban J connectivity index is 2.46. The quantitative estimate of drug-likeness (QED) is 0.590. The van der Waals surface area contributed by atoms with E-state index >= 15 is 0 Å². The van der Waals surface area contributed by atoms with Gasteiger partial charge in [-0.3, -0.25) is 0 Å². The molecule has 1 aromatic rings. The average molecular weight is 226 g/mol. The van der Waals surface area contributed by atoms with Crippen molar-refractivity contribution >= 4 is 20.6 Å². The molecule has 0 atom stereocenters. The van der Waals surface area contributed by atoms with Gasteiger partial charge in [0.25, 0.3) is 0 Å². The van der Waals surface area contributed by atoms with Crippen LogP contribution in [0.15, 0.2) is 46.9 Å². The monoisotopic (exact) mass is 227 g/mol. The van der Waals surface area contributed by atoms with Gasteiger partial charge in [0.2, 0.25) is 0 Å². The first-order valence-corrected chi connectivity index (χ1v) is 6.64. The number of allylic oxidation sites excluding steroid dienone is 4. The molecule has 1 radical (unpaired) electrons. The first kappa shape index (κ1) is 7.51. The predicted molar refractivity (Wildman–Crippen MR) is 55.9 cm³/mol. The van der Waals surface area contributed by atoms with Crippen LogP contribution in [0.4, 0.5) is 0 Å². The van der Waals surface area contributed by atoms with E-state index in [1.165, 1.54) is 5.22 Å². The van der Waals surface area contributed by atoms with Gasteiger partial charge in [-0.1, -0.05) is 0 Å². The van der Waals surface area contributed by atoms with E-state index in [0.717, 1.165) is 6.42 Å². The SMILES string of the molecule is C1=CCC2=c3cccc[c]3=[Ge][C]2=C1. The molecule has 0 spiro atoms. The Hall–Kier alpha value is -0.887. The summed E-state index contributed by atoms with van der Waals surface area (Å²) in [6.07, 6.45) is 7.91. The van der Waals surface area contributed by atoms with Crippen LogP contribution in [-0.2, 0) is 0 Å². The molecule has 0 N–H and O–H groups in total. The van der Waals surface area contributed by atoms with Crippen LogP contribution in [0.1, 0.15) is 6.42 Å². The molecule has 2 aliphatic rings. The van der Waals surface area contributed by atoms with E-state index in [2.05, 4.69) is 42.5 Å². The molecule has 0 aromatic heterocycles. The molecule has 0 bridgehead atoms. The summed E-state index contributed by atoms with van der Waals surface area (Å²) in [6, 6.07) is 8.88. The van der Waals surface area contributed by atoms with E-state index in [1.54, 1.807) is 14.0 Å². The second-order valence-corrected chi connectivity index (χ2v) is 6.15. The standard InChI is InChI=1S/C12H9Ge/c1-3-7-11-9(5-1)10-6-2-4-8-12(10)13-11/h1-5,7-8H,6H2. The van der Waals surface area contributed by atoms with Crippen molar-refractivity contribution < 1.29 is 0 Å². The zero-order chi connectivity index (χ0) is 8.67. The minimum absolute atomic E-state index is 0.00245. The van der Waals surface area contributed by atoms with Crippen LogP contribution < -0.4 is 5.22 Å². The molecule has 1 heterocycles. The summed E-state index contributed by atoms with van der Waals surface area (Å²) in [5.74, 6) is 0. The summed E-state index contributed by atoms with van der Waals surface area (Å²) in [6.45, 7) is 0. The molecule has 1 aliphatic heterocycles. The van der Waals surface area contributed by atoms with Crippen molar-refractivity contribution in [1.29, 1.82) is 0 Å². The van der Waals surface area contributed by atoms with Crippen molar-refractivity contribution in [1.82, 2.24) is 0 Å². The third-order valence-electron chi connectivity index (χ3n) is 2.57. The zero-order valence-corrected chi connectivity index (χ0v) is 9.35. The van der Waals surface area contributed by atoms with Crippen molar-refractivity contribution in [2.45, 2.75) is 6.42 Å². The van der Waals surface area contributed by atoms with Gasteiger partial charge in [0.15, 0.2) is 0 Å². The summed E-state index contributed by atoms with van der Waals surface area (Å²) >= 11 is -0.00245. The number of rotatable bonds is 0. The van der Waals surface area contributed by atoms with Crippen molar-refractivity contribution in [3.8, 4) is 0 Å². The van der Waals surface area contributed by atoms with E-state index in [1.807, 2.05) is 0 Å². The second kappa shape index (κ2) is 2.81. The molecule has 1 aromatic carbocycles. The van der Waals surface area contributed by atoms with Gasteiger partial charge in [-0.15, -0.1) is 0 Å². The predicted octanol–water partition coefficient (Wildman–Crippen LogP) is 1.65. The molecule has 0 fully saturated rings. The molecule has 3 rings (SSSR count).